The first kappa shape index (κ1) is 12.0. The molecule has 0 radical (unpaired) electrons. The Morgan fingerprint density at radius 1 is 1.50 bits per heavy atom. The van der Waals surface area contributed by atoms with Crippen molar-refractivity contribution < 1.29 is 4.92 Å². The number of pyridine rings is 1. The largest absolute Gasteiger partial charge is 0.360 e. The standard InChI is InChI=1S/C11H13N5O2/c1-9(8-15-7-3-6-13-15)14-11-10(16(17)18)4-2-5-12-11/h2-7,9H,8H2,1H3,(H,12,14). The molecule has 7 nitrogen and oxygen atoms in total. The zero-order valence-corrected chi connectivity index (χ0v) is 9.85. The maximum atomic E-state index is 10.8. The molecule has 2 aromatic heterocycles. The van der Waals surface area contributed by atoms with Gasteiger partial charge in [0.15, 0.2) is 0 Å². The lowest BCUT2D eigenvalue weighted by Crippen LogP contribution is -2.23. The molecule has 0 saturated carbocycles. The summed E-state index contributed by atoms with van der Waals surface area (Å²) in [6.45, 7) is 2.53. The third-order valence-electron chi connectivity index (χ3n) is 2.39. The topological polar surface area (TPSA) is 85.9 Å². The smallest absolute Gasteiger partial charge is 0.311 e. The van der Waals surface area contributed by atoms with Gasteiger partial charge in [-0.15, -0.1) is 0 Å². The lowest BCUT2D eigenvalue weighted by molar-refractivity contribution is -0.384. The summed E-state index contributed by atoms with van der Waals surface area (Å²) in [5.74, 6) is 0.280. The van der Waals surface area contributed by atoms with Crippen molar-refractivity contribution in [2.24, 2.45) is 0 Å². The number of nitro groups is 1. The summed E-state index contributed by atoms with van der Waals surface area (Å²) in [5, 5.41) is 17.9. The number of rotatable bonds is 5. The molecular formula is C11H13N5O2. The van der Waals surface area contributed by atoms with Gasteiger partial charge in [0.25, 0.3) is 0 Å². The second kappa shape index (κ2) is 5.26. The van der Waals surface area contributed by atoms with Gasteiger partial charge in [-0.3, -0.25) is 14.8 Å². The van der Waals surface area contributed by atoms with Crippen molar-refractivity contribution in [2.75, 3.05) is 5.32 Å². The Morgan fingerprint density at radius 3 is 3.00 bits per heavy atom. The van der Waals surface area contributed by atoms with Crippen molar-refractivity contribution in [3.05, 3.63) is 46.9 Å². The first-order chi connectivity index (χ1) is 8.66. The van der Waals surface area contributed by atoms with Gasteiger partial charge in [0.1, 0.15) is 0 Å². The molecular weight excluding hydrogens is 234 g/mol. The second-order valence-electron chi connectivity index (χ2n) is 3.90. The minimum absolute atomic E-state index is 0.0153. The van der Waals surface area contributed by atoms with Crippen LogP contribution in [0, 0.1) is 10.1 Å². The predicted octanol–water partition coefficient (Wildman–Crippen LogP) is 1.69. The molecule has 0 aliphatic heterocycles. The zero-order chi connectivity index (χ0) is 13.0. The Hall–Kier alpha value is -2.44. The lowest BCUT2D eigenvalue weighted by Gasteiger charge is -2.14. The zero-order valence-electron chi connectivity index (χ0n) is 9.85. The van der Waals surface area contributed by atoms with Crippen LogP contribution in [0.2, 0.25) is 0 Å². The molecule has 0 fully saturated rings. The molecule has 2 heterocycles. The van der Waals surface area contributed by atoms with Gasteiger partial charge < -0.3 is 5.32 Å². The van der Waals surface area contributed by atoms with Crippen LogP contribution in [-0.2, 0) is 6.54 Å². The number of hydrogen-bond donors (Lipinski definition) is 1. The molecule has 7 heteroatoms. The summed E-state index contributed by atoms with van der Waals surface area (Å²) in [4.78, 5) is 14.4. The van der Waals surface area contributed by atoms with Crippen LogP contribution in [0.4, 0.5) is 11.5 Å². The monoisotopic (exact) mass is 247 g/mol. The second-order valence-corrected chi connectivity index (χ2v) is 3.90. The van der Waals surface area contributed by atoms with E-state index in [-0.39, 0.29) is 17.5 Å². The van der Waals surface area contributed by atoms with E-state index in [1.807, 2.05) is 19.2 Å². The van der Waals surface area contributed by atoms with Gasteiger partial charge in [-0.1, -0.05) is 0 Å². The van der Waals surface area contributed by atoms with Crippen molar-refractivity contribution in [3.8, 4) is 0 Å². The Bertz CT molecular complexity index is 526. The summed E-state index contributed by atoms with van der Waals surface area (Å²) in [6, 6.07) is 4.78. The quantitative estimate of drug-likeness (QED) is 0.641. The first-order valence-electron chi connectivity index (χ1n) is 5.50. The van der Waals surface area contributed by atoms with E-state index >= 15 is 0 Å². The summed E-state index contributed by atoms with van der Waals surface area (Å²) in [5.41, 5.74) is -0.0233. The highest BCUT2D eigenvalue weighted by molar-refractivity contribution is 5.55. The average molecular weight is 247 g/mol. The van der Waals surface area contributed by atoms with Crippen LogP contribution in [0.25, 0.3) is 0 Å². The molecule has 2 rings (SSSR count). The number of nitrogens with one attached hydrogen (secondary N) is 1. The van der Waals surface area contributed by atoms with Crippen LogP contribution in [0.1, 0.15) is 6.92 Å². The third-order valence-corrected chi connectivity index (χ3v) is 2.39. The molecule has 94 valence electrons. The van der Waals surface area contributed by atoms with Gasteiger partial charge in [0.05, 0.1) is 11.5 Å². The van der Waals surface area contributed by atoms with E-state index in [1.165, 1.54) is 12.3 Å². The van der Waals surface area contributed by atoms with E-state index in [1.54, 1.807) is 16.9 Å². The fourth-order valence-electron chi connectivity index (χ4n) is 1.62. The van der Waals surface area contributed by atoms with Crippen LogP contribution >= 0.6 is 0 Å². The molecule has 0 aliphatic carbocycles. The number of aromatic nitrogens is 3. The SMILES string of the molecule is CC(Cn1cccn1)Nc1ncccc1[N+](=O)[O-]. The third kappa shape index (κ3) is 2.82. The lowest BCUT2D eigenvalue weighted by atomic mass is 10.3. The fourth-order valence-corrected chi connectivity index (χ4v) is 1.62. The minimum Gasteiger partial charge on any atom is -0.360 e. The normalized spacial score (nSPS) is 12.1. The van der Waals surface area contributed by atoms with Crippen LogP contribution in [-0.4, -0.2) is 25.7 Å². The predicted molar refractivity (Wildman–Crippen MR) is 66.2 cm³/mol. The molecule has 0 aromatic carbocycles. The van der Waals surface area contributed by atoms with Crippen LogP contribution in [0.5, 0.6) is 0 Å². The van der Waals surface area contributed by atoms with Gasteiger partial charge in [-0.05, 0) is 19.1 Å². The van der Waals surface area contributed by atoms with Crippen LogP contribution < -0.4 is 5.32 Å². The van der Waals surface area contributed by atoms with Crippen molar-refractivity contribution in [1.82, 2.24) is 14.8 Å². The van der Waals surface area contributed by atoms with Gasteiger partial charge in [0.2, 0.25) is 5.82 Å². The summed E-state index contributed by atoms with van der Waals surface area (Å²) in [6.07, 6.45) is 5.05. The Morgan fingerprint density at radius 2 is 2.33 bits per heavy atom. The number of hydrogen-bond acceptors (Lipinski definition) is 5. The molecule has 0 aliphatic rings. The Labute approximate surface area is 104 Å². The molecule has 1 atom stereocenters. The van der Waals surface area contributed by atoms with E-state index in [4.69, 9.17) is 0 Å². The summed E-state index contributed by atoms with van der Waals surface area (Å²) >= 11 is 0. The van der Waals surface area contributed by atoms with E-state index in [0.29, 0.717) is 6.54 Å². The van der Waals surface area contributed by atoms with Crippen molar-refractivity contribution >= 4 is 11.5 Å². The number of anilines is 1. The van der Waals surface area contributed by atoms with Gasteiger partial charge in [0, 0.05) is 30.7 Å². The molecule has 2 aromatic rings. The van der Waals surface area contributed by atoms with E-state index in [9.17, 15) is 10.1 Å². The van der Waals surface area contributed by atoms with E-state index < -0.39 is 4.92 Å². The summed E-state index contributed by atoms with van der Waals surface area (Å²) < 4.78 is 1.76. The maximum Gasteiger partial charge on any atom is 0.311 e. The highest BCUT2D eigenvalue weighted by Gasteiger charge is 2.15. The molecule has 0 spiro atoms. The van der Waals surface area contributed by atoms with Crippen LogP contribution in [0.15, 0.2) is 36.8 Å². The number of nitrogens with zero attached hydrogens (tertiary/aromatic N) is 4. The average Bonchev–Trinajstić information content (AvgIpc) is 2.82. The molecule has 0 saturated heterocycles. The Kier molecular flexibility index (Phi) is 3.52. The molecule has 1 N–H and O–H groups in total. The van der Waals surface area contributed by atoms with Crippen molar-refractivity contribution in [3.63, 3.8) is 0 Å². The molecule has 18 heavy (non-hydrogen) atoms. The van der Waals surface area contributed by atoms with Gasteiger partial charge in [-0.25, -0.2) is 4.98 Å². The highest BCUT2D eigenvalue weighted by atomic mass is 16.6. The highest BCUT2D eigenvalue weighted by Crippen LogP contribution is 2.21. The maximum absolute atomic E-state index is 10.8. The first-order valence-corrected chi connectivity index (χ1v) is 5.50. The van der Waals surface area contributed by atoms with Gasteiger partial charge in [-0.2, -0.15) is 5.10 Å². The van der Waals surface area contributed by atoms with E-state index in [2.05, 4.69) is 15.4 Å². The van der Waals surface area contributed by atoms with Gasteiger partial charge >= 0.3 is 5.69 Å². The Balaban J connectivity index is 2.07. The van der Waals surface area contributed by atoms with Crippen molar-refractivity contribution in [2.45, 2.75) is 19.5 Å². The fraction of sp³-hybridized carbons (Fsp3) is 0.273. The minimum atomic E-state index is -0.448. The van der Waals surface area contributed by atoms with E-state index in [0.717, 1.165) is 0 Å². The van der Waals surface area contributed by atoms with Crippen LogP contribution in [0.3, 0.4) is 0 Å². The van der Waals surface area contributed by atoms with Crippen molar-refractivity contribution in [1.29, 1.82) is 0 Å². The molecule has 0 bridgehead atoms. The molecule has 1 unspecified atom stereocenters. The molecule has 0 amide bonds. The summed E-state index contributed by atoms with van der Waals surface area (Å²) in [7, 11) is 0.